The summed E-state index contributed by atoms with van der Waals surface area (Å²) in [7, 11) is 2.96. The van der Waals surface area contributed by atoms with Crippen LogP contribution < -0.4 is 15.1 Å². The van der Waals surface area contributed by atoms with Crippen LogP contribution >= 0.6 is 12.2 Å². The van der Waals surface area contributed by atoms with Gasteiger partial charge in [0.25, 0.3) is 5.17 Å². The lowest BCUT2D eigenvalue weighted by atomic mass is 10.2. The highest BCUT2D eigenvalue weighted by Gasteiger charge is 2.35. The van der Waals surface area contributed by atoms with E-state index in [1.54, 1.807) is 7.05 Å². The summed E-state index contributed by atoms with van der Waals surface area (Å²) in [5, 5.41) is 2.91. The molecule has 2 saturated heterocycles. The highest BCUT2D eigenvalue weighted by molar-refractivity contribution is 7.80. The maximum Gasteiger partial charge on any atom is 0.414 e. The molecule has 11 heteroatoms. The molecule has 2 amide bonds. The molecule has 1 aromatic rings. The van der Waals surface area contributed by atoms with Gasteiger partial charge in [0.15, 0.2) is 11.6 Å². The third-order valence-corrected chi connectivity index (χ3v) is 4.61. The number of hydrogen-bond acceptors (Lipinski definition) is 6. The molecule has 2 heterocycles. The number of halogens is 2. The zero-order valence-corrected chi connectivity index (χ0v) is 15.5. The summed E-state index contributed by atoms with van der Waals surface area (Å²) >= 11 is 4.84. The van der Waals surface area contributed by atoms with Crippen LogP contribution in [0.4, 0.5) is 25.0 Å². The molecule has 1 N–H and O–H groups in total. The van der Waals surface area contributed by atoms with Gasteiger partial charge in [0, 0.05) is 19.2 Å². The molecule has 8 nitrogen and oxygen atoms in total. The van der Waals surface area contributed by atoms with Crippen LogP contribution in [0.5, 0.6) is 0 Å². The maximum absolute atomic E-state index is 14.6. The summed E-state index contributed by atoms with van der Waals surface area (Å²) in [6, 6.07) is 2.11. The zero-order chi connectivity index (χ0) is 19.7. The van der Waals surface area contributed by atoms with Crippen molar-refractivity contribution in [2.75, 3.05) is 50.3 Å². The number of nitrogens with one attached hydrogen (secondary N) is 1. The molecule has 2 aliphatic rings. The zero-order valence-electron chi connectivity index (χ0n) is 14.7. The third kappa shape index (κ3) is 3.87. The Hall–Kier alpha value is -2.69. The van der Waals surface area contributed by atoms with Gasteiger partial charge in [-0.2, -0.15) is 0 Å². The van der Waals surface area contributed by atoms with Gasteiger partial charge in [0.1, 0.15) is 11.8 Å². The summed E-state index contributed by atoms with van der Waals surface area (Å²) in [6.45, 7) is 0.287. The molecule has 0 bridgehead atoms. The van der Waals surface area contributed by atoms with Gasteiger partial charge in [0.2, 0.25) is 5.91 Å². The standard InChI is InChI=1S/C16H18F2N4O4S/c1-20-8-21(7-13(20)23)14-11(17)3-9(4-12(14)18)22-6-10(26-16(22)24)5-19-15(27)25-2/h3-4,10H,5-8H2,1-2H3,(H,19,27)/t10-/m1/s1. The monoisotopic (exact) mass is 400 g/mol. The van der Waals surface area contributed by atoms with Crippen molar-refractivity contribution in [3.8, 4) is 0 Å². The Morgan fingerprint density at radius 1 is 1.37 bits per heavy atom. The van der Waals surface area contributed by atoms with Crippen molar-refractivity contribution < 1.29 is 27.8 Å². The van der Waals surface area contributed by atoms with Gasteiger partial charge in [-0.1, -0.05) is 0 Å². The minimum absolute atomic E-state index is 0.0365. The predicted molar refractivity (Wildman–Crippen MR) is 96.6 cm³/mol. The number of rotatable bonds is 4. The Kier molecular flexibility index (Phi) is 5.31. The van der Waals surface area contributed by atoms with E-state index in [9.17, 15) is 18.4 Å². The summed E-state index contributed by atoms with van der Waals surface area (Å²) in [5.41, 5.74) is -0.262. The van der Waals surface area contributed by atoms with Crippen molar-refractivity contribution in [2.24, 2.45) is 0 Å². The number of carbonyl (C=O) groups excluding carboxylic acids is 2. The largest absolute Gasteiger partial charge is 0.474 e. The van der Waals surface area contributed by atoms with Crippen LogP contribution in [0.1, 0.15) is 0 Å². The summed E-state index contributed by atoms with van der Waals surface area (Å²) in [6.07, 6.45) is -1.27. The molecule has 27 heavy (non-hydrogen) atoms. The lowest BCUT2D eigenvalue weighted by molar-refractivity contribution is -0.125. The predicted octanol–water partition coefficient (Wildman–Crippen LogP) is 1.05. The molecule has 2 fully saturated rings. The number of anilines is 2. The number of thiocarbonyl (C=S) groups is 1. The van der Waals surface area contributed by atoms with E-state index in [1.165, 1.54) is 16.9 Å². The lowest BCUT2D eigenvalue weighted by Gasteiger charge is -2.21. The van der Waals surface area contributed by atoms with Crippen LogP contribution in [0.2, 0.25) is 0 Å². The second-order valence-corrected chi connectivity index (χ2v) is 6.55. The second kappa shape index (κ2) is 7.51. The number of hydrogen-bond donors (Lipinski definition) is 1. The summed E-state index contributed by atoms with van der Waals surface area (Å²) in [5.74, 6) is -1.95. The Balaban J connectivity index is 1.75. The van der Waals surface area contributed by atoms with Gasteiger partial charge < -0.3 is 24.6 Å². The summed E-state index contributed by atoms with van der Waals surface area (Å²) < 4.78 is 39.1. The smallest absolute Gasteiger partial charge is 0.414 e. The number of cyclic esters (lactones) is 1. The normalized spacial score (nSPS) is 19.6. The highest BCUT2D eigenvalue weighted by Crippen LogP contribution is 2.32. The lowest BCUT2D eigenvalue weighted by Crippen LogP contribution is -2.34. The fourth-order valence-electron chi connectivity index (χ4n) is 2.94. The SMILES string of the molecule is COC(=S)NC[C@@H]1CN(c2cc(F)c(N3CC(=O)N(C)C3)c(F)c2)C(=O)O1. The van der Waals surface area contributed by atoms with Crippen LogP contribution in [0.3, 0.4) is 0 Å². The van der Waals surface area contributed by atoms with E-state index >= 15 is 0 Å². The molecule has 1 atom stereocenters. The molecule has 0 saturated carbocycles. The van der Waals surface area contributed by atoms with Crippen molar-refractivity contribution in [1.29, 1.82) is 0 Å². The number of nitrogens with zero attached hydrogens (tertiary/aromatic N) is 3. The average molecular weight is 400 g/mol. The van der Waals surface area contributed by atoms with E-state index in [1.807, 2.05) is 0 Å². The van der Waals surface area contributed by atoms with E-state index in [-0.39, 0.29) is 48.8 Å². The topological polar surface area (TPSA) is 74.4 Å². The van der Waals surface area contributed by atoms with E-state index in [0.29, 0.717) is 0 Å². The molecule has 2 aliphatic heterocycles. The van der Waals surface area contributed by atoms with Gasteiger partial charge in [-0.05, 0) is 12.2 Å². The first-order valence-electron chi connectivity index (χ1n) is 8.08. The van der Waals surface area contributed by atoms with E-state index in [4.69, 9.17) is 21.7 Å². The van der Waals surface area contributed by atoms with Gasteiger partial charge >= 0.3 is 6.09 Å². The van der Waals surface area contributed by atoms with Crippen LogP contribution in [-0.2, 0) is 14.3 Å². The van der Waals surface area contributed by atoms with Gasteiger partial charge in [-0.25, -0.2) is 13.6 Å². The fourth-order valence-corrected chi connectivity index (χ4v) is 3.02. The van der Waals surface area contributed by atoms with Crippen molar-refractivity contribution in [3.63, 3.8) is 0 Å². The first-order chi connectivity index (χ1) is 12.8. The minimum Gasteiger partial charge on any atom is -0.474 e. The van der Waals surface area contributed by atoms with Crippen molar-refractivity contribution in [3.05, 3.63) is 23.8 Å². The molecule has 0 radical (unpaired) electrons. The Morgan fingerprint density at radius 3 is 2.59 bits per heavy atom. The third-order valence-electron chi connectivity index (χ3n) is 4.30. The molecule has 0 aromatic heterocycles. The molecule has 146 valence electrons. The first kappa shape index (κ1) is 19.1. The van der Waals surface area contributed by atoms with Gasteiger partial charge in [-0.15, -0.1) is 0 Å². The van der Waals surface area contributed by atoms with Crippen LogP contribution in [-0.4, -0.2) is 68.6 Å². The molecule has 0 spiro atoms. The first-order valence-corrected chi connectivity index (χ1v) is 8.49. The van der Waals surface area contributed by atoms with Crippen molar-refractivity contribution in [1.82, 2.24) is 10.2 Å². The Morgan fingerprint density at radius 2 is 2.04 bits per heavy atom. The minimum atomic E-state index is -0.858. The maximum atomic E-state index is 14.6. The van der Waals surface area contributed by atoms with E-state index < -0.39 is 23.8 Å². The number of methoxy groups -OCH3 is 1. The molecule has 1 aromatic carbocycles. The number of amides is 2. The molecular weight excluding hydrogens is 382 g/mol. The molecule has 0 unspecified atom stereocenters. The van der Waals surface area contributed by atoms with Crippen molar-refractivity contribution >= 4 is 40.8 Å². The van der Waals surface area contributed by atoms with E-state index in [2.05, 4.69) is 5.32 Å². The van der Waals surface area contributed by atoms with Gasteiger partial charge in [0.05, 0.1) is 39.1 Å². The number of likely N-dealkylation sites (N-methyl/N-ethyl adjacent to an activating group) is 1. The van der Waals surface area contributed by atoms with Crippen LogP contribution in [0.15, 0.2) is 12.1 Å². The molecular formula is C16H18F2N4O4S. The number of ether oxygens (including phenoxy) is 2. The van der Waals surface area contributed by atoms with Crippen molar-refractivity contribution in [2.45, 2.75) is 6.10 Å². The highest BCUT2D eigenvalue weighted by atomic mass is 32.1. The molecule has 0 aliphatic carbocycles. The van der Waals surface area contributed by atoms with Gasteiger partial charge in [-0.3, -0.25) is 9.69 Å². The van der Waals surface area contributed by atoms with Crippen LogP contribution in [0.25, 0.3) is 0 Å². The fraction of sp³-hybridized carbons (Fsp3) is 0.438. The molecule has 3 rings (SSSR count). The average Bonchev–Trinajstić information content (AvgIpc) is 3.14. The van der Waals surface area contributed by atoms with Crippen LogP contribution in [0, 0.1) is 11.6 Å². The number of benzene rings is 1. The number of carbonyl (C=O) groups is 2. The Labute approximate surface area is 159 Å². The quantitative estimate of drug-likeness (QED) is 0.758. The summed E-state index contributed by atoms with van der Waals surface area (Å²) in [4.78, 5) is 27.5. The second-order valence-electron chi connectivity index (χ2n) is 6.18. The Bertz CT molecular complexity index is 771. The van der Waals surface area contributed by atoms with E-state index in [0.717, 1.165) is 17.0 Å².